The SMILES string of the molecule is COC(=O)c1nc(Br)ccc1C(F)(F)F. The number of ether oxygens (including phenoxy) is 1. The maximum atomic E-state index is 12.4. The van der Waals surface area contributed by atoms with Crippen LogP contribution < -0.4 is 0 Å². The first kappa shape index (κ1) is 12.0. The van der Waals surface area contributed by atoms with E-state index in [1.54, 1.807) is 0 Å². The van der Waals surface area contributed by atoms with Gasteiger partial charge in [-0.25, -0.2) is 9.78 Å². The van der Waals surface area contributed by atoms with E-state index in [0.717, 1.165) is 19.2 Å². The number of carbonyl (C=O) groups excluding carboxylic acids is 1. The number of hydrogen-bond donors (Lipinski definition) is 0. The van der Waals surface area contributed by atoms with Crippen molar-refractivity contribution >= 4 is 21.9 Å². The van der Waals surface area contributed by atoms with E-state index in [9.17, 15) is 18.0 Å². The van der Waals surface area contributed by atoms with Gasteiger partial charge in [0.05, 0.1) is 12.7 Å². The van der Waals surface area contributed by atoms with Crippen LogP contribution in [0.2, 0.25) is 0 Å². The third kappa shape index (κ3) is 2.68. The van der Waals surface area contributed by atoms with Crippen molar-refractivity contribution in [3.63, 3.8) is 0 Å². The molecule has 1 heterocycles. The predicted molar refractivity (Wildman–Crippen MR) is 48.3 cm³/mol. The molecule has 0 fully saturated rings. The van der Waals surface area contributed by atoms with E-state index in [2.05, 4.69) is 25.7 Å². The van der Waals surface area contributed by atoms with Crippen molar-refractivity contribution in [2.45, 2.75) is 6.18 Å². The van der Waals surface area contributed by atoms with Crippen LogP contribution in [0.1, 0.15) is 16.1 Å². The molecule has 0 aromatic carbocycles. The average Bonchev–Trinajstić information content (AvgIpc) is 2.14. The lowest BCUT2D eigenvalue weighted by molar-refractivity contribution is -0.138. The fourth-order valence-electron chi connectivity index (χ4n) is 0.916. The minimum Gasteiger partial charge on any atom is -0.464 e. The Bertz CT molecular complexity index is 392. The average molecular weight is 284 g/mol. The van der Waals surface area contributed by atoms with E-state index in [0.29, 0.717) is 0 Å². The number of hydrogen-bond acceptors (Lipinski definition) is 3. The van der Waals surface area contributed by atoms with Crippen LogP contribution in [-0.2, 0) is 10.9 Å². The Kier molecular flexibility index (Phi) is 3.33. The van der Waals surface area contributed by atoms with Gasteiger partial charge in [0.25, 0.3) is 0 Å². The molecule has 0 atom stereocenters. The highest BCUT2D eigenvalue weighted by molar-refractivity contribution is 9.10. The molecule has 0 aliphatic rings. The van der Waals surface area contributed by atoms with Crippen molar-refractivity contribution in [2.24, 2.45) is 0 Å². The molecule has 15 heavy (non-hydrogen) atoms. The van der Waals surface area contributed by atoms with E-state index >= 15 is 0 Å². The summed E-state index contributed by atoms with van der Waals surface area (Å²) < 4.78 is 41.6. The number of esters is 1. The molecule has 0 saturated carbocycles. The summed E-state index contributed by atoms with van der Waals surface area (Å²) in [5, 5.41) is 0. The van der Waals surface area contributed by atoms with E-state index in [4.69, 9.17) is 0 Å². The number of aromatic nitrogens is 1. The quantitative estimate of drug-likeness (QED) is 0.588. The third-order valence-electron chi connectivity index (χ3n) is 1.55. The molecule has 0 radical (unpaired) electrons. The molecule has 0 aliphatic heterocycles. The summed E-state index contributed by atoms with van der Waals surface area (Å²) in [5.41, 5.74) is -1.86. The second-order valence-electron chi connectivity index (χ2n) is 2.52. The number of carbonyl (C=O) groups is 1. The van der Waals surface area contributed by atoms with Gasteiger partial charge in [0.2, 0.25) is 0 Å². The lowest BCUT2D eigenvalue weighted by atomic mass is 10.2. The standard InChI is InChI=1S/C8H5BrF3NO2/c1-15-7(14)6-4(8(10,11)12)2-3-5(9)13-6/h2-3H,1H3. The van der Waals surface area contributed by atoms with Crippen LogP contribution in [0.4, 0.5) is 13.2 Å². The Hall–Kier alpha value is -1.11. The fraction of sp³-hybridized carbons (Fsp3) is 0.250. The van der Waals surface area contributed by atoms with Gasteiger partial charge in [-0.15, -0.1) is 0 Å². The van der Waals surface area contributed by atoms with Gasteiger partial charge in [0.15, 0.2) is 5.69 Å². The second-order valence-corrected chi connectivity index (χ2v) is 3.33. The van der Waals surface area contributed by atoms with Gasteiger partial charge >= 0.3 is 12.1 Å². The smallest absolute Gasteiger partial charge is 0.418 e. The zero-order chi connectivity index (χ0) is 11.6. The zero-order valence-electron chi connectivity index (χ0n) is 7.43. The maximum Gasteiger partial charge on any atom is 0.418 e. The summed E-state index contributed by atoms with van der Waals surface area (Å²) >= 11 is 2.87. The topological polar surface area (TPSA) is 39.2 Å². The molecule has 0 spiro atoms. The summed E-state index contributed by atoms with van der Waals surface area (Å²) in [4.78, 5) is 14.5. The van der Waals surface area contributed by atoms with Crippen molar-refractivity contribution < 1.29 is 22.7 Å². The summed E-state index contributed by atoms with van der Waals surface area (Å²) in [7, 11) is 0.991. The first-order valence-corrected chi connectivity index (χ1v) is 4.47. The molecule has 0 saturated heterocycles. The second kappa shape index (κ2) is 4.18. The summed E-state index contributed by atoms with van der Waals surface area (Å²) in [6.07, 6.45) is -4.63. The number of rotatable bonds is 1. The molecule has 0 N–H and O–H groups in total. The van der Waals surface area contributed by atoms with Gasteiger partial charge in [-0.3, -0.25) is 0 Å². The molecular formula is C8H5BrF3NO2. The number of nitrogens with zero attached hydrogens (tertiary/aromatic N) is 1. The number of alkyl halides is 3. The summed E-state index contributed by atoms with van der Waals surface area (Å²) in [5.74, 6) is -1.12. The summed E-state index contributed by atoms with van der Waals surface area (Å²) in [6, 6.07) is 1.87. The molecule has 0 amide bonds. The Labute approximate surface area is 91.4 Å². The first-order valence-electron chi connectivity index (χ1n) is 3.68. The summed E-state index contributed by atoms with van der Waals surface area (Å²) in [6.45, 7) is 0. The van der Waals surface area contributed by atoms with Crippen molar-refractivity contribution in [2.75, 3.05) is 7.11 Å². The van der Waals surface area contributed by atoms with Crippen LogP contribution in [0.25, 0.3) is 0 Å². The molecule has 0 aliphatic carbocycles. The Morgan fingerprint density at radius 1 is 1.47 bits per heavy atom. The van der Waals surface area contributed by atoms with Crippen molar-refractivity contribution in [3.8, 4) is 0 Å². The van der Waals surface area contributed by atoms with Gasteiger partial charge in [0, 0.05) is 0 Å². The van der Waals surface area contributed by atoms with Crippen LogP contribution in [0.3, 0.4) is 0 Å². The molecule has 82 valence electrons. The van der Waals surface area contributed by atoms with Gasteiger partial charge in [-0.1, -0.05) is 0 Å². The van der Waals surface area contributed by atoms with Crippen molar-refractivity contribution in [3.05, 3.63) is 28.0 Å². The number of halogens is 4. The Morgan fingerprint density at radius 3 is 2.53 bits per heavy atom. The zero-order valence-corrected chi connectivity index (χ0v) is 9.02. The number of pyridine rings is 1. The highest BCUT2D eigenvalue weighted by Gasteiger charge is 2.36. The van der Waals surface area contributed by atoms with Gasteiger partial charge in [-0.2, -0.15) is 13.2 Å². The van der Waals surface area contributed by atoms with Gasteiger partial charge < -0.3 is 4.74 Å². The normalized spacial score (nSPS) is 11.3. The monoisotopic (exact) mass is 283 g/mol. The van der Waals surface area contributed by atoms with Crippen molar-refractivity contribution in [1.29, 1.82) is 0 Å². The van der Waals surface area contributed by atoms with Crippen LogP contribution in [-0.4, -0.2) is 18.1 Å². The fourth-order valence-corrected chi connectivity index (χ4v) is 1.23. The molecular weight excluding hydrogens is 279 g/mol. The highest BCUT2D eigenvalue weighted by atomic mass is 79.9. The molecule has 1 aromatic rings. The number of methoxy groups -OCH3 is 1. The first-order chi connectivity index (χ1) is 6.86. The van der Waals surface area contributed by atoms with Crippen LogP contribution >= 0.6 is 15.9 Å². The Morgan fingerprint density at radius 2 is 2.07 bits per heavy atom. The van der Waals surface area contributed by atoms with Crippen LogP contribution in [0.5, 0.6) is 0 Å². The molecule has 0 bridgehead atoms. The maximum absolute atomic E-state index is 12.4. The van der Waals surface area contributed by atoms with Crippen molar-refractivity contribution in [1.82, 2.24) is 4.98 Å². The van der Waals surface area contributed by atoms with E-state index in [1.807, 2.05) is 0 Å². The van der Waals surface area contributed by atoms with Gasteiger partial charge in [-0.05, 0) is 28.1 Å². The lowest BCUT2D eigenvalue weighted by Crippen LogP contribution is -2.16. The third-order valence-corrected chi connectivity index (χ3v) is 1.99. The molecule has 1 rings (SSSR count). The molecule has 3 nitrogen and oxygen atoms in total. The van der Waals surface area contributed by atoms with Crippen LogP contribution in [0.15, 0.2) is 16.7 Å². The minimum atomic E-state index is -4.63. The molecule has 0 unspecified atom stereocenters. The van der Waals surface area contributed by atoms with Gasteiger partial charge in [0.1, 0.15) is 4.60 Å². The van der Waals surface area contributed by atoms with E-state index in [1.165, 1.54) is 0 Å². The van der Waals surface area contributed by atoms with E-state index in [-0.39, 0.29) is 4.60 Å². The largest absolute Gasteiger partial charge is 0.464 e. The predicted octanol–water partition coefficient (Wildman–Crippen LogP) is 2.65. The Balaban J connectivity index is 3.33. The van der Waals surface area contributed by atoms with Crippen LogP contribution in [0, 0.1) is 0 Å². The molecule has 1 aromatic heterocycles. The van der Waals surface area contributed by atoms with E-state index < -0.39 is 23.4 Å². The minimum absolute atomic E-state index is 0.135. The molecule has 7 heteroatoms. The highest BCUT2D eigenvalue weighted by Crippen LogP contribution is 2.32. The lowest BCUT2D eigenvalue weighted by Gasteiger charge is -2.10.